The Morgan fingerprint density at radius 1 is 1.33 bits per heavy atom. The van der Waals surface area contributed by atoms with Gasteiger partial charge in [0.05, 0.1) is 26.0 Å². The second-order valence-corrected chi connectivity index (χ2v) is 12.8. The third-order valence-corrected chi connectivity index (χ3v) is 9.77. The number of anilines is 1. The number of benzene rings is 1. The van der Waals surface area contributed by atoms with Gasteiger partial charge >= 0.3 is 0 Å². The third kappa shape index (κ3) is 4.98. The molecule has 6 rings (SSSR count). The molecule has 3 fully saturated rings. The van der Waals surface area contributed by atoms with Gasteiger partial charge in [-0.05, 0) is 74.3 Å². The fourth-order valence-electron chi connectivity index (χ4n) is 7.05. The minimum Gasteiger partial charge on any atom is -0.481 e. The zero-order valence-corrected chi connectivity index (χ0v) is 26.7. The Morgan fingerprint density at radius 3 is 2.72 bits per heavy atom. The van der Waals surface area contributed by atoms with Crippen LogP contribution in [0.1, 0.15) is 75.1 Å². The van der Waals surface area contributed by atoms with Crippen LogP contribution in [0, 0.1) is 5.92 Å². The van der Waals surface area contributed by atoms with Crippen molar-refractivity contribution in [1.29, 1.82) is 0 Å². The summed E-state index contributed by atoms with van der Waals surface area (Å²) in [5, 5.41) is 3.68. The average molecular weight is 605 g/mol. The molecule has 1 saturated heterocycles. The molecular formula is C35H42ClFN4O2. The van der Waals surface area contributed by atoms with E-state index >= 15 is 4.39 Å². The number of methoxy groups -OCH3 is 1. The van der Waals surface area contributed by atoms with Gasteiger partial charge in [0.1, 0.15) is 11.5 Å². The highest BCUT2D eigenvalue weighted by Gasteiger charge is 2.56. The molecule has 3 aliphatic carbocycles. The second kappa shape index (κ2) is 11.4. The van der Waals surface area contributed by atoms with Crippen LogP contribution >= 0.6 is 11.6 Å². The lowest BCUT2D eigenvalue weighted by Crippen LogP contribution is -2.36. The smallest absolute Gasteiger partial charge is 0.210 e. The molecule has 0 amide bonds. The monoisotopic (exact) mass is 604 g/mol. The first-order valence-electron chi connectivity index (χ1n) is 15.5. The summed E-state index contributed by atoms with van der Waals surface area (Å²) >= 11 is 6.89. The topological polar surface area (TPSA) is 59.0 Å². The number of fused-ring (bicyclic) bond motifs is 2. The number of aliphatic imine (C=N–C) groups is 1. The van der Waals surface area contributed by atoms with Crippen molar-refractivity contribution in [3.05, 3.63) is 69.7 Å². The van der Waals surface area contributed by atoms with E-state index in [1.165, 1.54) is 5.57 Å². The summed E-state index contributed by atoms with van der Waals surface area (Å²) in [6.45, 7) is 13.6. The molecule has 8 heteroatoms. The van der Waals surface area contributed by atoms with Crippen LogP contribution < -0.4 is 5.32 Å². The largest absolute Gasteiger partial charge is 0.481 e. The van der Waals surface area contributed by atoms with Crippen molar-refractivity contribution in [3.8, 4) is 11.3 Å². The van der Waals surface area contributed by atoms with Gasteiger partial charge in [0.25, 0.3) is 0 Å². The highest BCUT2D eigenvalue weighted by atomic mass is 35.5. The number of ether oxygens (including phenoxy) is 2. The highest BCUT2D eigenvalue weighted by molar-refractivity contribution is 6.32. The van der Waals surface area contributed by atoms with E-state index < -0.39 is 5.67 Å². The van der Waals surface area contributed by atoms with E-state index in [9.17, 15) is 0 Å². The summed E-state index contributed by atoms with van der Waals surface area (Å²) in [7, 11) is 3.53. The molecule has 6 nitrogen and oxygen atoms in total. The number of nitrogens with zero attached hydrogens (tertiary/aromatic N) is 3. The van der Waals surface area contributed by atoms with Gasteiger partial charge in [0.2, 0.25) is 5.88 Å². The average Bonchev–Trinajstić information content (AvgIpc) is 3.92. The highest BCUT2D eigenvalue weighted by Crippen LogP contribution is 2.65. The Balaban J connectivity index is 1.62. The van der Waals surface area contributed by atoms with Gasteiger partial charge < -0.3 is 19.7 Å². The fourth-order valence-corrected chi connectivity index (χ4v) is 7.42. The first-order chi connectivity index (χ1) is 20.7. The van der Waals surface area contributed by atoms with E-state index in [1.54, 1.807) is 13.2 Å². The van der Waals surface area contributed by atoms with Gasteiger partial charge in [0, 0.05) is 64.7 Å². The number of alkyl halides is 1. The first-order valence-corrected chi connectivity index (χ1v) is 15.8. The number of halogens is 2. The maximum Gasteiger partial charge on any atom is 0.210 e. The summed E-state index contributed by atoms with van der Waals surface area (Å²) in [5.41, 5.74) is 6.70. The first kappa shape index (κ1) is 29.9. The van der Waals surface area contributed by atoms with Crippen LogP contribution in [0.15, 0.2) is 47.4 Å². The molecule has 1 spiro atoms. The van der Waals surface area contributed by atoms with Gasteiger partial charge in [-0.3, -0.25) is 4.98 Å². The van der Waals surface area contributed by atoms with Crippen molar-refractivity contribution in [2.45, 2.75) is 64.0 Å². The Kier molecular flexibility index (Phi) is 7.93. The minimum atomic E-state index is -1.46. The molecule has 4 aliphatic rings. The molecule has 1 aliphatic heterocycles. The van der Waals surface area contributed by atoms with Crippen molar-refractivity contribution in [3.63, 3.8) is 0 Å². The molecule has 43 heavy (non-hydrogen) atoms. The van der Waals surface area contributed by atoms with Crippen LogP contribution in [0.25, 0.3) is 22.9 Å². The number of rotatable bonds is 8. The molecule has 1 unspecified atom stereocenters. The number of aromatic nitrogens is 1. The Bertz CT molecular complexity index is 1550. The molecule has 2 aromatic rings. The quantitative estimate of drug-likeness (QED) is 0.187. The molecule has 2 saturated carbocycles. The molecule has 1 aromatic heterocycles. The zero-order valence-electron chi connectivity index (χ0n) is 25.9. The number of allylic oxidation sites excluding steroid dienone is 2. The number of nitrogens with one attached hydrogen (secondary N) is 1. The SMILES string of the molecule is C=Cc1c(NC)cc(Cl)c(C2(F)CC2)c1-c1nccc2c1C1(CC1)C(C)=C2/C(=N\C(=C\CC)OC)N1CCOCC(C)C1. The van der Waals surface area contributed by atoms with E-state index in [2.05, 4.69) is 43.6 Å². The molecule has 0 bridgehead atoms. The van der Waals surface area contributed by atoms with Gasteiger partial charge in [-0.25, -0.2) is 4.39 Å². The summed E-state index contributed by atoms with van der Waals surface area (Å²) < 4.78 is 27.9. The standard InChI is InChI=1S/C35H42ClFN4O2/c1-7-9-27(42-6)40-33(41-16-17-43-20-21(3)19-41)28-22(4)34(11-12-34)30-24(28)10-15-39-32(30)29-23(8-2)26(38-5)18-25(36)31(29)35(37)13-14-35/h8-10,15,18,21,38H,2,7,11-14,16-17,19-20H2,1,3-6H3/b27-9-,40-33+. The molecule has 2 heterocycles. The van der Waals surface area contributed by atoms with Crippen molar-refractivity contribution in [2.24, 2.45) is 10.9 Å². The van der Waals surface area contributed by atoms with E-state index in [0.717, 1.165) is 84.0 Å². The van der Waals surface area contributed by atoms with Crippen LogP contribution in [0.2, 0.25) is 5.02 Å². The minimum absolute atomic E-state index is 0.185. The predicted molar refractivity (Wildman–Crippen MR) is 174 cm³/mol. The lowest BCUT2D eigenvalue weighted by Gasteiger charge is -2.28. The van der Waals surface area contributed by atoms with Crippen LogP contribution in [-0.2, 0) is 20.6 Å². The Labute approximate surface area is 259 Å². The van der Waals surface area contributed by atoms with Crippen molar-refractivity contribution in [2.75, 3.05) is 45.8 Å². The van der Waals surface area contributed by atoms with Gasteiger partial charge in [-0.2, -0.15) is 4.99 Å². The molecular weight excluding hydrogens is 563 g/mol. The lowest BCUT2D eigenvalue weighted by atomic mass is 9.84. The zero-order chi connectivity index (χ0) is 30.5. The van der Waals surface area contributed by atoms with E-state index in [4.69, 9.17) is 31.1 Å². The number of hydrogen-bond donors (Lipinski definition) is 1. The fraction of sp³-hybridized carbons (Fsp3) is 0.486. The summed E-state index contributed by atoms with van der Waals surface area (Å²) in [6, 6.07) is 3.93. The molecule has 228 valence electrons. The lowest BCUT2D eigenvalue weighted by molar-refractivity contribution is 0.127. The van der Waals surface area contributed by atoms with Gasteiger partial charge in [-0.1, -0.05) is 43.7 Å². The molecule has 1 N–H and O–H groups in total. The molecule has 1 aromatic carbocycles. The maximum atomic E-state index is 16.2. The number of amidine groups is 1. The van der Waals surface area contributed by atoms with Crippen molar-refractivity contribution in [1.82, 2.24) is 9.88 Å². The second-order valence-electron chi connectivity index (χ2n) is 12.4. The Morgan fingerprint density at radius 2 is 2.09 bits per heavy atom. The van der Waals surface area contributed by atoms with Gasteiger partial charge in [0.15, 0.2) is 0 Å². The maximum absolute atomic E-state index is 16.2. The van der Waals surface area contributed by atoms with E-state index in [0.29, 0.717) is 41.8 Å². The molecule has 1 atom stereocenters. The van der Waals surface area contributed by atoms with Crippen LogP contribution in [0.3, 0.4) is 0 Å². The summed E-state index contributed by atoms with van der Waals surface area (Å²) in [6.07, 6.45) is 9.38. The number of pyridine rings is 1. The summed E-state index contributed by atoms with van der Waals surface area (Å²) in [4.78, 5) is 12.6. The molecule has 0 radical (unpaired) electrons. The van der Waals surface area contributed by atoms with Gasteiger partial charge in [-0.15, -0.1) is 0 Å². The van der Waals surface area contributed by atoms with Crippen molar-refractivity contribution >= 4 is 34.8 Å². The normalized spacial score (nSPS) is 22.4. The summed E-state index contributed by atoms with van der Waals surface area (Å²) in [5.74, 6) is 1.84. The van der Waals surface area contributed by atoms with Crippen LogP contribution in [0.4, 0.5) is 10.1 Å². The van der Waals surface area contributed by atoms with E-state index in [-0.39, 0.29) is 5.41 Å². The predicted octanol–water partition coefficient (Wildman–Crippen LogP) is 8.13. The number of hydrogen-bond acceptors (Lipinski definition) is 5. The van der Waals surface area contributed by atoms with Crippen LogP contribution in [0.5, 0.6) is 0 Å². The van der Waals surface area contributed by atoms with Crippen molar-refractivity contribution < 1.29 is 13.9 Å². The Hall–Kier alpha value is -3.16. The van der Waals surface area contributed by atoms with E-state index in [1.807, 2.05) is 25.4 Å². The third-order valence-electron chi connectivity index (χ3n) is 9.48. The van der Waals surface area contributed by atoms with Crippen LogP contribution in [-0.4, -0.2) is 56.2 Å².